The molecular formula is C17H13N5O4S. The van der Waals surface area contributed by atoms with E-state index in [1.165, 1.54) is 30.1 Å². The number of hydrogen-bond donors (Lipinski definition) is 1. The van der Waals surface area contributed by atoms with Crippen molar-refractivity contribution in [3.05, 3.63) is 81.9 Å². The third-order valence-electron chi connectivity index (χ3n) is 3.28. The molecule has 136 valence electrons. The molecule has 2 aromatic heterocycles. The zero-order chi connectivity index (χ0) is 19.1. The highest BCUT2D eigenvalue weighted by Gasteiger charge is 2.10. The van der Waals surface area contributed by atoms with E-state index in [9.17, 15) is 14.9 Å². The molecule has 0 aliphatic carbocycles. The lowest BCUT2D eigenvalue weighted by Crippen LogP contribution is -2.17. The van der Waals surface area contributed by atoms with Crippen LogP contribution in [0.1, 0.15) is 21.7 Å². The molecular weight excluding hydrogens is 370 g/mol. The van der Waals surface area contributed by atoms with Gasteiger partial charge in [0.05, 0.1) is 12.3 Å². The number of carbonyl (C=O) groups excluding carboxylic acids is 1. The first-order valence-corrected chi connectivity index (χ1v) is 8.67. The molecule has 0 unspecified atom stereocenters. The molecule has 1 aromatic carbocycles. The third kappa shape index (κ3) is 5.22. The predicted molar refractivity (Wildman–Crippen MR) is 98.5 cm³/mol. The Morgan fingerprint density at radius 3 is 2.63 bits per heavy atom. The number of nitrogens with zero attached hydrogens (tertiary/aromatic N) is 4. The number of nitrogens with one attached hydrogen (secondary N) is 1. The van der Waals surface area contributed by atoms with Crippen LogP contribution in [0.25, 0.3) is 0 Å². The largest absolute Gasteiger partial charge is 0.433 e. The number of benzene rings is 1. The van der Waals surface area contributed by atoms with Gasteiger partial charge in [-0.05, 0) is 29.8 Å². The van der Waals surface area contributed by atoms with Crippen molar-refractivity contribution in [2.75, 3.05) is 0 Å². The standard InChI is InChI=1S/C17H13N5O4S/c23-16(21-20-10-14-6-7-15(26-14)22(24)25)13-4-2-12(3-5-13)11-27-17-18-8-1-9-19-17/h1-10H,11H2,(H,21,23). The second kappa shape index (κ2) is 8.72. The molecule has 0 bridgehead atoms. The van der Waals surface area contributed by atoms with E-state index in [0.717, 1.165) is 5.56 Å². The van der Waals surface area contributed by atoms with Crippen molar-refractivity contribution in [2.45, 2.75) is 10.9 Å². The average molecular weight is 383 g/mol. The van der Waals surface area contributed by atoms with Gasteiger partial charge in [0.15, 0.2) is 10.9 Å². The Balaban J connectivity index is 1.52. The lowest BCUT2D eigenvalue weighted by molar-refractivity contribution is -0.402. The maximum Gasteiger partial charge on any atom is 0.433 e. The van der Waals surface area contributed by atoms with Gasteiger partial charge in [-0.15, -0.1) is 0 Å². The molecule has 0 saturated carbocycles. The minimum Gasteiger partial charge on any atom is -0.400 e. The molecule has 1 N–H and O–H groups in total. The number of nitro groups is 1. The van der Waals surface area contributed by atoms with Crippen LogP contribution in [0.4, 0.5) is 5.88 Å². The summed E-state index contributed by atoms with van der Waals surface area (Å²) in [5, 5.41) is 14.9. The molecule has 0 spiro atoms. The maximum atomic E-state index is 12.1. The van der Waals surface area contributed by atoms with Gasteiger partial charge in [0.25, 0.3) is 5.91 Å². The van der Waals surface area contributed by atoms with Crippen molar-refractivity contribution in [2.24, 2.45) is 5.10 Å². The first-order chi connectivity index (χ1) is 13.1. The van der Waals surface area contributed by atoms with E-state index in [2.05, 4.69) is 20.5 Å². The van der Waals surface area contributed by atoms with Crippen LogP contribution in [0.5, 0.6) is 0 Å². The Bertz CT molecular complexity index is 957. The van der Waals surface area contributed by atoms with E-state index in [0.29, 0.717) is 16.5 Å². The minimum atomic E-state index is -0.653. The van der Waals surface area contributed by atoms with Gasteiger partial charge in [0, 0.05) is 23.7 Å². The van der Waals surface area contributed by atoms with Gasteiger partial charge >= 0.3 is 5.88 Å². The Hall–Kier alpha value is -3.53. The van der Waals surface area contributed by atoms with Gasteiger partial charge in [0.1, 0.15) is 4.92 Å². The summed E-state index contributed by atoms with van der Waals surface area (Å²) >= 11 is 1.50. The zero-order valence-corrected chi connectivity index (χ0v) is 14.6. The lowest BCUT2D eigenvalue weighted by atomic mass is 10.1. The summed E-state index contributed by atoms with van der Waals surface area (Å²) < 4.78 is 4.90. The SMILES string of the molecule is O=C(NN=Cc1ccc([N+](=O)[O-])o1)c1ccc(CSc2ncccn2)cc1. The van der Waals surface area contributed by atoms with Crippen LogP contribution in [-0.4, -0.2) is 27.0 Å². The van der Waals surface area contributed by atoms with Gasteiger partial charge in [-0.3, -0.25) is 14.9 Å². The Morgan fingerprint density at radius 2 is 1.96 bits per heavy atom. The van der Waals surface area contributed by atoms with E-state index in [1.54, 1.807) is 30.6 Å². The van der Waals surface area contributed by atoms with Crippen molar-refractivity contribution in [1.29, 1.82) is 0 Å². The molecule has 1 amide bonds. The summed E-state index contributed by atoms with van der Waals surface area (Å²) in [7, 11) is 0. The van der Waals surface area contributed by atoms with E-state index in [-0.39, 0.29) is 5.76 Å². The van der Waals surface area contributed by atoms with E-state index in [4.69, 9.17) is 4.42 Å². The molecule has 3 rings (SSSR count). The molecule has 0 radical (unpaired) electrons. The Kier molecular flexibility index (Phi) is 5.90. The highest BCUT2D eigenvalue weighted by molar-refractivity contribution is 7.98. The fourth-order valence-electron chi connectivity index (χ4n) is 1.99. The predicted octanol–water partition coefficient (Wildman–Crippen LogP) is 3.03. The highest BCUT2D eigenvalue weighted by Crippen LogP contribution is 2.18. The van der Waals surface area contributed by atoms with Crippen LogP contribution in [0.2, 0.25) is 0 Å². The van der Waals surface area contributed by atoms with Crippen LogP contribution >= 0.6 is 11.8 Å². The summed E-state index contributed by atoms with van der Waals surface area (Å²) in [6.07, 6.45) is 4.56. The van der Waals surface area contributed by atoms with E-state index >= 15 is 0 Å². The molecule has 0 fully saturated rings. The zero-order valence-electron chi connectivity index (χ0n) is 13.8. The van der Waals surface area contributed by atoms with Crippen LogP contribution in [0.3, 0.4) is 0 Å². The molecule has 9 nitrogen and oxygen atoms in total. The van der Waals surface area contributed by atoms with Crippen LogP contribution in [0.15, 0.2) is 69.5 Å². The second-order valence-corrected chi connectivity index (χ2v) is 6.09. The summed E-state index contributed by atoms with van der Waals surface area (Å²) in [6.45, 7) is 0. The maximum absolute atomic E-state index is 12.1. The first kappa shape index (κ1) is 18.3. The van der Waals surface area contributed by atoms with Crippen molar-refractivity contribution in [3.8, 4) is 0 Å². The second-order valence-electron chi connectivity index (χ2n) is 5.15. The number of thioether (sulfide) groups is 1. The molecule has 2 heterocycles. The fourth-order valence-corrected chi connectivity index (χ4v) is 2.75. The minimum absolute atomic E-state index is 0.164. The van der Waals surface area contributed by atoms with Gasteiger partial charge in [-0.2, -0.15) is 5.10 Å². The van der Waals surface area contributed by atoms with E-state index < -0.39 is 16.7 Å². The topological polar surface area (TPSA) is 124 Å². The number of hydrazone groups is 1. The molecule has 3 aromatic rings. The van der Waals surface area contributed by atoms with Crippen molar-refractivity contribution in [3.63, 3.8) is 0 Å². The molecule has 0 atom stereocenters. The highest BCUT2D eigenvalue weighted by atomic mass is 32.2. The van der Waals surface area contributed by atoms with Gasteiger partial charge < -0.3 is 4.42 Å². The molecule has 27 heavy (non-hydrogen) atoms. The normalized spacial score (nSPS) is 10.8. The third-order valence-corrected chi connectivity index (χ3v) is 4.22. The van der Waals surface area contributed by atoms with Crippen molar-refractivity contribution in [1.82, 2.24) is 15.4 Å². The van der Waals surface area contributed by atoms with Crippen LogP contribution < -0.4 is 5.43 Å². The smallest absolute Gasteiger partial charge is 0.400 e. The van der Waals surface area contributed by atoms with E-state index in [1.807, 2.05) is 12.1 Å². The molecule has 10 heteroatoms. The number of aromatic nitrogens is 2. The van der Waals surface area contributed by atoms with Crippen LogP contribution in [-0.2, 0) is 5.75 Å². The fraction of sp³-hybridized carbons (Fsp3) is 0.0588. The van der Waals surface area contributed by atoms with Crippen LogP contribution in [0, 0.1) is 10.1 Å². The number of hydrogen-bond acceptors (Lipinski definition) is 8. The summed E-state index contributed by atoms with van der Waals surface area (Å²) in [6, 6.07) is 11.4. The average Bonchev–Trinajstić information content (AvgIpc) is 3.17. The summed E-state index contributed by atoms with van der Waals surface area (Å²) in [5.74, 6) is 0.0500. The monoisotopic (exact) mass is 383 g/mol. The van der Waals surface area contributed by atoms with Crippen molar-refractivity contribution < 1.29 is 14.1 Å². The molecule has 0 aliphatic rings. The Morgan fingerprint density at radius 1 is 1.22 bits per heavy atom. The number of furan rings is 1. The number of amides is 1. The van der Waals surface area contributed by atoms with Gasteiger partial charge in [0.2, 0.25) is 0 Å². The first-order valence-electron chi connectivity index (χ1n) is 7.68. The van der Waals surface area contributed by atoms with Gasteiger partial charge in [-0.25, -0.2) is 15.4 Å². The van der Waals surface area contributed by atoms with Gasteiger partial charge in [-0.1, -0.05) is 23.9 Å². The quantitative estimate of drug-likeness (QED) is 0.219. The number of carbonyl (C=O) groups is 1. The summed E-state index contributed by atoms with van der Waals surface area (Å²) in [4.78, 5) is 30.2. The van der Waals surface area contributed by atoms with Crippen molar-refractivity contribution >= 4 is 29.8 Å². The molecule has 0 saturated heterocycles. The lowest BCUT2D eigenvalue weighted by Gasteiger charge is -2.03. The molecule has 0 aliphatic heterocycles. The summed E-state index contributed by atoms with van der Waals surface area (Å²) in [5.41, 5.74) is 3.79. The Labute approximate surface area is 157 Å². The number of rotatable bonds is 7.